The van der Waals surface area contributed by atoms with Gasteiger partial charge in [-0.3, -0.25) is 4.79 Å². The normalized spacial score (nSPS) is 23.7. The Morgan fingerprint density at radius 2 is 1.89 bits per heavy atom. The molecule has 0 aliphatic heterocycles. The molecule has 1 aliphatic carbocycles. The Labute approximate surface area is 104 Å². The molecule has 18 heavy (non-hydrogen) atoms. The van der Waals surface area contributed by atoms with E-state index < -0.39 is 17.5 Å². The molecule has 5 heteroatoms. The fraction of sp³-hybridized carbons (Fsp3) is 0.462. The van der Waals surface area contributed by atoms with Crippen LogP contribution in [0.4, 0.5) is 8.78 Å². The lowest BCUT2D eigenvalue weighted by atomic mass is 9.91. The molecule has 3 nitrogen and oxygen atoms in total. The van der Waals surface area contributed by atoms with Crippen LogP contribution in [-0.2, 0) is 0 Å². The van der Waals surface area contributed by atoms with E-state index in [-0.39, 0.29) is 17.6 Å². The molecule has 1 aromatic carbocycles. The van der Waals surface area contributed by atoms with Gasteiger partial charge in [-0.05, 0) is 37.8 Å². The molecule has 1 saturated carbocycles. The van der Waals surface area contributed by atoms with Crippen LogP contribution in [0, 0.1) is 11.6 Å². The van der Waals surface area contributed by atoms with Gasteiger partial charge in [0.1, 0.15) is 0 Å². The largest absolute Gasteiger partial charge is 0.349 e. The van der Waals surface area contributed by atoms with Gasteiger partial charge in [0.05, 0.1) is 5.56 Å². The van der Waals surface area contributed by atoms with Crippen molar-refractivity contribution in [3.63, 3.8) is 0 Å². The summed E-state index contributed by atoms with van der Waals surface area (Å²) in [7, 11) is 0. The first-order chi connectivity index (χ1) is 8.58. The summed E-state index contributed by atoms with van der Waals surface area (Å²) < 4.78 is 26.4. The maximum Gasteiger partial charge on any atom is 0.254 e. The second kappa shape index (κ2) is 5.44. The van der Waals surface area contributed by atoms with E-state index in [4.69, 9.17) is 5.73 Å². The van der Waals surface area contributed by atoms with Gasteiger partial charge in [0.25, 0.3) is 5.91 Å². The second-order valence-corrected chi connectivity index (χ2v) is 4.69. The molecular formula is C13H16F2N2O. The highest BCUT2D eigenvalue weighted by Crippen LogP contribution is 2.18. The van der Waals surface area contributed by atoms with Gasteiger partial charge in [0, 0.05) is 12.1 Å². The van der Waals surface area contributed by atoms with Gasteiger partial charge in [-0.2, -0.15) is 0 Å². The van der Waals surface area contributed by atoms with E-state index in [2.05, 4.69) is 5.32 Å². The number of carbonyl (C=O) groups is 1. The predicted octanol–water partition coefficient (Wildman–Crippen LogP) is 1.96. The van der Waals surface area contributed by atoms with Crippen molar-refractivity contribution in [2.75, 3.05) is 0 Å². The maximum atomic E-state index is 13.4. The van der Waals surface area contributed by atoms with Crippen LogP contribution in [0.5, 0.6) is 0 Å². The highest BCUT2D eigenvalue weighted by atomic mass is 19.2. The van der Waals surface area contributed by atoms with Crippen molar-refractivity contribution in [3.8, 4) is 0 Å². The van der Waals surface area contributed by atoms with Crippen molar-refractivity contribution in [2.45, 2.75) is 37.8 Å². The first-order valence-electron chi connectivity index (χ1n) is 6.08. The van der Waals surface area contributed by atoms with Gasteiger partial charge < -0.3 is 11.1 Å². The van der Waals surface area contributed by atoms with Crippen LogP contribution in [-0.4, -0.2) is 18.0 Å². The number of rotatable bonds is 2. The standard InChI is InChI=1S/C13H16F2N2O/c14-11-3-1-2-10(12(11)15)13(18)17-9-6-4-8(16)5-7-9/h1-3,8-9H,4-7,16H2,(H,17,18). The third kappa shape index (κ3) is 2.85. The molecule has 0 saturated heterocycles. The van der Waals surface area contributed by atoms with E-state index in [0.717, 1.165) is 31.7 Å². The van der Waals surface area contributed by atoms with Gasteiger partial charge >= 0.3 is 0 Å². The first kappa shape index (κ1) is 13.0. The summed E-state index contributed by atoms with van der Waals surface area (Å²) in [4.78, 5) is 11.8. The minimum atomic E-state index is -1.09. The molecule has 3 N–H and O–H groups in total. The molecule has 1 aromatic rings. The summed E-state index contributed by atoms with van der Waals surface area (Å²) in [5.41, 5.74) is 5.52. The van der Waals surface area contributed by atoms with E-state index in [1.807, 2.05) is 0 Å². The topological polar surface area (TPSA) is 55.1 Å². The molecule has 2 rings (SSSR count). The van der Waals surface area contributed by atoms with Crippen LogP contribution in [0.1, 0.15) is 36.0 Å². The maximum absolute atomic E-state index is 13.4. The number of carbonyl (C=O) groups excluding carboxylic acids is 1. The monoisotopic (exact) mass is 254 g/mol. The lowest BCUT2D eigenvalue weighted by Gasteiger charge is -2.26. The van der Waals surface area contributed by atoms with Crippen molar-refractivity contribution in [1.29, 1.82) is 0 Å². The number of hydrogen-bond acceptors (Lipinski definition) is 2. The smallest absolute Gasteiger partial charge is 0.254 e. The van der Waals surface area contributed by atoms with E-state index in [1.54, 1.807) is 0 Å². The average Bonchev–Trinajstić information content (AvgIpc) is 2.35. The molecule has 0 unspecified atom stereocenters. The van der Waals surface area contributed by atoms with Gasteiger partial charge in [0.2, 0.25) is 0 Å². The highest BCUT2D eigenvalue weighted by molar-refractivity contribution is 5.94. The minimum absolute atomic E-state index is 0.0000302. The summed E-state index contributed by atoms with van der Waals surface area (Å²) in [6.45, 7) is 0. The van der Waals surface area contributed by atoms with Crippen LogP contribution >= 0.6 is 0 Å². The molecule has 0 radical (unpaired) electrons. The quantitative estimate of drug-likeness (QED) is 0.847. The number of nitrogens with one attached hydrogen (secondary N) is 1. The van der Waals surface area contributed by atoms with Crippen molar-refractivity contribution in [1.82, 2.24) is 5.32 Å². The average molecular weight is 254 g/mol. The number of benzene rings is 1. The summed E-state index contributed by atoms with van der Waals surface area (Å²) in [6, 6.07) is 3.78. The summed E-state index contributed by atoms with van der Waals surface area (Å²) in [5.74, 6) is -2.66. The van der Waals surface area contributed by atoms with Gasteiger partial charge in [0.15, 0.2) is 11.6 Å². The Morgan fingerprint density at radius 1 is 1.22 bits per heavy atom. The van der Waals surface area contributed by atoms with Gasteiger partial charge in [-0.1, -0.05) is 6.07 Å². The van der Waals surface area contributed by atoms with E-state index in [1.165, 1.54) is 12.1 Å². The molecule has 98 valence electrons. The molecule has 1 aliphatic rings. The lowest BCUT2D eigenvalue weighted by molar-refractivity contribution is 0.0920. The molecule has 1 fully saturated rings. The van der Waals surface area contributed by atoms with E-state index in [9.17, 15) is 13.6 Å². The SMILES string of the molecule is NC1CCC(NC(=O)c2cccc(F)c2F)CC1. The Morgan fingerprint density at radius 3 is 2.56 bits per heavy atom. The molecule has 1 amide bonds. The van der Waals surface area contributed by atoms with E-state index >= 15 is 0 Å². The highest BCUT2D eigenvalue weighted by Gasteiger charge is 2.22. The number of halogens is 2. The molecular weight excluding hydrogens is 238 g/mol. The third-order valence-electron chi connectivity index (χ3n) is 3.30. The lowest BCUT2D eigenvalue weighted by Crippen LogP contribution is -2.40. The van der Waals surface area contributed by atoms with E-state index in [0.29, 0.717) is 0 Å². The zero-order chi connectivity index (χ0) is 13.1. The zero-order valence-corrected chi connectivity index (χ0v) is 9.96. The summed E-state index contributed by atoms with van der Waals surface area (Å²) >= 11 is 0. The Hall–Kier alpha value is -1.49. The number of amides is 1. The second-order valence-electron chi connectivity index (χ2n) is 4.69. The van der Waals surface area contributed by atoms with Crippen LogP contribution in [0.25, 0.3) is 0 Å². The minimum Gasteiger partial charge on any atom is -0.349 e. The summed E-state index contributed by atoms with van der Waals surface area (Å²) in [5, 5.41) is 2.72. The van der Waals surface area contributed by atoms with Crippen LogP contribution < -0.4 is 11.1 Å². The van der Waals surface area contributed by atoms with Gasteiger partial charge in [-0.25, -0.2) is 8.78 Å². The number of hydrogen-bond donors (Lipinski definition) is 2. The first-order valence-corrected chi connectivity index (χ1v) is 6.08. The molecule has 0 aromatic heterocycles. The Balaban J connectivity index is 2.01. The Kier molecular flexibility index (Phi) is 3.91. The van der Waals surface area contributed by atoms with Crippen LogP contribution in [0.15, 0.2) is 18.2 Å². The fourth-order valence-electron chi connectivity index (χ4n) is 2.21. The summed E-state index contributed by atoms with van der Waals surface area (Å²) in [6.07, 6.45) is 3.25. The number of nitrogens with two attached hydrogens (primary N) is 1. The predicted molar refractivity (Wildman–Crippen MR) is 64.1 cm³/mol. The third-order valence-corrected chi connectivity index (χ3v) is 3.30. The molecule has 0 bridgehead atoms. The molecule has 0 atom stereocenters. The van der Waals surface area contributed by atoms with Crippen molar-refractivity contribution < 1.29 is 13.6 Å². The van der Waals surface area contributed by atoms with Crippen LogP contribution in [0.3, 0.4) is 0 Å². The molecule has 0 spiro atoms. The Bertz CT molecular complexity index is 443. The van der Waals surface area contributed by atoms with Crippen molar-refractivity contribution in [2.24, 2.45) is 5.73 Å². The van der Waals surface area contributed by atoms with Crippen LogP contribution in [0.2, 0.25) is 0 Å². The van der Waals surface area contributed by atoms with Crippen molar-refractivity contribution in [3.05, 3.63) is 35.4 Å². The fourth-order valence-corrected chi connectivity index (χ4v) is 2.21. The molecule has 0 heterocycles. The van der Waals surface area contributed by atoms with Gasteiger partial charge in [-0.15, -0.1) is 0 Å². The zero-order valence-electron chi connectivity index (χ0n) is 9.96. The van der Waals surface area contributed by atoms with Crippen molar-refractivity contribution >= 4 is 5.91 Å².